The lowest BCUT2D eigenvalue weighted by atomic mass is 10.0. The summed E-state index contributed by atoms with van der Waals surface area (Å²) in [6, 6.07) is 2.52. The van der Waals surface area contributed by atoms with Crippen molar-refractivity contribution < 1.29 is 5.11 Å². The number of hydrogen-bond acceptors (Lipinski definition) is 2. The van der Waals surface area contributed by atoms with Crippen molar-refractivity contribution in [2.45, 2.75) is 58.1 Å². The molecule has 3 heteroatoms. The molecule has 0 radical (unpaired) electrons. The van der Waals surface area contributed by atoms with Crippen LogP contribution in [0, 0.1) is 17.8 Å². The predicted octanol–water partition coefficient (Wildman–Crippen LogP) is 2.80. The molecule has 2 aliphatic rings. The van der Waals surface area contributed by atoms with Crippen molar-refractivity contribution in [2.75, 3.05) is 0 Å². The second-order valence-electron chi connectivity index (χ2n) is 6.15. The molecule has 1 aromatic rings. The minimum Gasteiger partial charge on any atom is -0.392 e. The van der Waals surface area contributed by atoms with Crippen LogP contribution in [0.2, 0.25) is 0 Å². The number of nitrogens with zero attached hydrogens (tertiary/aromatic N) is 2. The Hall–Kier alpha value is -0.830. The van der Waals surface area contributed by atoms with Crippen LogP contribution in [-0.4, -0.2) is 21.0 Å². The molecular weight excluding hydrogens is 224 g/mol. The van der Waals surface area contributed by atoms with Crippen molar-refractivity contribution in [3.8, 4) is 0 Å². The highest BCUT2D eigenvalue weighted by molar-refractivity contribution is 5.09. The van der Waals surface area contributed by atoms with Gasteiger partial charge in [0.25, 0.3) is 0 Å². The van der Waals surface area contributed by atoms with Crippen molar-refractivity contribution in [3.05, 3.63) is 18.0 Å². The number of rotatable bonds is 5. The third kappa shape index (κ3) is 2.09. The largest absolute Gasteiger partial charge is 0.392 e. The van der Waals surface area contributed by atoms with Crippen LogP contribution in [0.25, 0.3) is 0 Å². The number of hydrogen-bond donors (Lipinski definition) is 1. The van der Waals surface area contributed by atoms with Crippen molar-refractivity contribution >= 4 is 0 Å². The summed E-state index contributed by atoms with van der Waals surface area (Å²) in [5, 5.41) is 14.9. The summed E-state index contributed by atoms with van der Waals surface area (Å²) in [4.78, 5) is 0. The molecule has 0 saturated heterocycles. The zero-order valence-corrected chi connectivity index (χ0v) is 11.4. The monoisotopic (exact) mass is 248 g/mol. The molecule has 1 N–H and O–H groups in total. The van der Waals surface area contributed by atoms with Crippen LogP contribution in [-0.2, 0) is 6.42 Å². The zero-order valence-electron chi connectivity index (χ0n) is 11.4. The summed E-state index contributed by atoms with van der Waals surface area (Å²) < 4.78 is 2.02. The fourth-order valence-corrected chi connectivity index (χ4v) is 3.72. The van der Waals surface area contributed by atoms with E-state index in [2.05, 4.69) is 25.0 Å². The number of aliphatic hydroxyl groups is 1. The molecule has 0 aliphatic heterocycles. The topological polar surface area (TPSA) is 38.0 Å². The lowest BCUT2D eigenvalue weighted by Gasteiger charge is -2.11. The van der Waals surface area contributed by atoms with Crippen molar-refractivity contribution in [1.82, 2.24) is 9.78 Å². The van der Waals surface area contributed by atoms with Gasteiger partial charge in [0.05, 0.1) is 11.8 Å². The van der Waals surface area contributed by atoms with Gasteiger partial charge in [-0.05, 0) is 50.0 Å². The predicted molar refractivity (Wildman–Crippen MR) is 71.3 cm³/mol. The van der Waals surface area contributed by atoms with Crippen LogP contribution in [0.5, 0.6) is 0 Å². The Balaban J connectivity index is 1.58. The Morgan fingerprint density at radius 2 is 2.17 bits per heavy atom. The second-order valence-corrected chi connectivity index (χ2v) is 6.15. The lowest BCUT2D eigenvalue weighted by Crippen LogP contribution is -2.17. The van der Waals surface area contributed by atoms with E-state index in [-0.39, 0.29) is 6.10 Å². The van der Waals surface area contributed by atoms with Crippen molar-refractivity contribution in [2.24, 2.45) is 17.8 Å². The Morgan fingerprint density at radius 3 is 2.83 bits per heavy atom. The van der Waals surface area contributed by atoms with E-state index < -0.39 is 0 Å². The van der Waals surface area contributed by atoms with Crippen LogP contribution in [0.1, 0.15) is 51.3 Å². The first-order valence-electron chi connectivity index (χ1n) is 7.42. The summed E-state index contributed by atoms with van der Waals surface area (Å²) >= 11 is 0. The minimum absolute atomic E-state index is 0.166. The summed E-state index contributed by atoms with van der Waals surface area (Å²) in [6.07, 6.45) is 7.77. The minimum atomic E-state index is -0.166. The van der Waals surface area contributed by atoms with Gasteiger partial charge in [-0.2, -0.15) is 5.10 Å². The van der Waals surface area contributed by atoms with Gasteiger partial charge in [0.2, 0.25) is 0 Å². The van der Waals surface area contributed by atoms with Crippen molar-refractivity contribution in [3.63, 3.8) is 0 Å². The van der Waals surface area contributed by atoms with Gasteiger partial charge in [-0.25, -0.2) is 0 Å². The molecule has 4 unspecified atom stereocenters. The third-order valence-corrected chi connectivity index (χ3v) is 5.04. The number of fused-ring (bicyclic) bond motifs is 1. The van der Waals surface area contributed by atoms with E-state index >= 15 is 0 Å². The van der Waals surface area contributed by atoms with Gasteiger partial charge in [-0.15, -0.1) is 0 Å². The van der Waals surface area contributed by atoms with E-state index in [0.29, 0.717) is 12.0 Å². The highest BCUT2D eigenvalue weighted by Gasteiger charge is 2.55. The maximum absolute atomic E-state index is 10.3. The number of aliphatic hydroxyl groups excluding tert-OH is 1. The Kier molecular flexibility index (Phi) is 3.18. The van der Waals surface area contributed by atoms with Gasteiger partial charge in [0.1, 0.15) is 0 Å². The average Bonchev–Trinajstić information content (AvgIpc) is 2.76. The molecule has 0 spiro atoms. The molecule has 0 bridgehead atoms. The van der Waals surface area contributed by atoms with E-state index in [0.717, 1.165) is 30.4 Å². The third-order valence-electron chi connectivity index (χ3n) is 5.04. The molecule has 2 aliphatic carbocycles. The van der Waals surface area contributed by atoms with Crippen LogP contribution < -0.4 is 0 Å². The molecule has 100 valence electrons. The lowest BCUT2D eigenvalue weighted by molar-refractivity contribution is 0.134. The Morgan fingerprint density at radius 1 is 1.44 bits per heavy atom. The highest BCUT2D eigenvalue weighted by atomic mass is 16.3. The fourth-order valence-electron chi connectivity index (χ4n) is 3.72. The first-order chi connectivity index (χ1) is 8.70. The normalized spacial score (nSPS) is 33.2. The van der Waals surface area contributed by atoms with E-state index in [1.165, 1.54) is 19.3 Å². The van der Waals surface area contributed by atoms with Gasteiger partial charge in [0, 0.05) is 18.7 Å². The molecule has 1 aromatic heterocycles. The zero-order chi connectivity index (χ0) is 12.7. The quantitative estimate of drug-likeness (QED) is 0.870. The van der Waals surface area contributed by atoms with Gasteiger partial charge >= 0.3 is 0 Å². The molecule has 18 heavy (non-hydrogen) atoms. The van der Waals surface area contributed by atoms with Gasteiger partial charge in [0.15, 0.2) is 0 Å². The summed E-state index contributed by atoms with van der Waals surface area (Å²) in [6.45, 7) is 4.35. The van der Waals surface area contributed by atoms with Crippen molar-refractivity contribution in [1.29, 1.82) is 0 Å². The van der Waals surface area contributed by atoms with Gasteiger partial charge < -0.3 is 5.11 Å². The average molecular weight is 248 g/mol. The highest BCUT2D eigenvalue weighted by Crippen LogP contribution is 2.59. The first kappa shape index (κ1) is 12.2. The molecule has 2 fully saturated rings. The SMILES string of the molecule is CCC(C)n1ccc(CC(O)C2C3CCCC32)n1. The van der Waals surface area contributed by atoms with Gasteiger partial charge in [-0.3, -0.25) is 4.68 Å². The molecule has 0 aromatic carbocycles. The summed E-state index contributed by atoms with van der Waals surface area (Å²) in [5.41, 5.74) is 1.05. The number of aromatic nitrogens is 2. The van der Waals surface area contributed by atoms with Crippen LogP contribution in [0.15, 0.2) is 12.3 Å². The van der Waals surface area contributed by atoms with Crippen LogP contribution in [0.4, 0.5) is 0 Å². The van der Waals surface area contributed by atoms with Crippen LogP contribution >= 0.6 is 0 Å². The molecule has 1 heterocycles. The molecular formula is C15H24N2O. The maximum atomic E-state index is 10.3. The molecule has 2 saturated carbocycles. The summed E-state index contributed by atoms with van der Waals surface area (Å²) in [5.74, 6) is 2.24. The van der Waals surface area contributed by atoms with Crippen LogP contribution in [0.3, 0.4) is 0 Å². The summed E-state index contributed by atoms with van der Waals surface area (Å²) in [7, 11) is 0. The van der Waals surface area contributed by atoms with Gasteiger partial charge in [-0.1, -0.05) is 13.3 Å². The molecule has 0 amide bonds. The standard InChI is InChI=1S/C15H24N2O/c1-3-10(2)17-8-7-11(16-17)9-14(18)15-12-5-4-6-13(12)15/h7-8,10,12-15,18H,3-6,9H2,1-2H3. The Bertz CT molecular complexity index is 404. The first-order valence-corrected chi connectivity index (χ1v) is 7.42. The van der Waals surface area contributed by atoms with E-state index in [1.54, 1.807) is 0 Å². The smallest absolute Gasteiger partial charge is 0.0650 e. The molecule has 4 atom stereocenters. The van der Waals surface area contributed by atoms with E-state index in [9.17, 15) is 5.11 Å². The molecule has 3 rings (SSSR count). The van der Waals surface area contributed by atoms with E-state index in [1.807, 2.05) is 10.9 Å². The second kappa shape index (κ2) is 4.69. The maximum Gasteiger partial charge on any atom is 0.0650 e. The fraction of sp³-hybridized carbons (Fsp3) is 0.800. The van der Waals surface area contributed by atoms with E-state index in [4.69, 9.17) is 0 Å². The Labute approximate surface area is 109 Å². The molecule has 3 nitrogen and oxygen atoms in total.